The molecule has 5 heteroatoms. The Bertz CT molecular complexity index is 394. The van der Waals surface area contributed by atoms with Crippen LogP contribution in [0.1, 0.15) is 28.7 Å². The zero-order valence-corrected chi connectivity index (χ0v) is 9.84. The Kier molecular flexibility index (Phi) is 3.81. The van der Waals surface area contributed by atoms with Gasteiger partial charge in [0.05, 0.1) is 23.7 Å². The van der Waals surface area contributed by atoms with E-state index in [0.717, 1.165) is 5.69 Å². The van der Waals surface area contributed by atoms with Gasteiger partial charge in [-0.15, -0.1) is 11.3 Å². The fraction of sp³-hybridized carbons (Fsp3) is 0.500. The first-order chi connectivity index (χ1) is 7.07. The smallest absolute Gasteiger partial charge is 0.265 e. The van der Waals surface area contributed by atoms with Crippen molar-refractivity contribution >= 4 is 17.2 Å². The molecule has 0 N–H and O–H groups in total. The van der Waals surface area contributed by atoms with Crippen LogP contribution in [-0.2, 0) is 0 Å². The molecule has 1 unspecified atom stereocenters. The fourth-order valence-electron chi connectivity index (χ4n) is 1.14. The maximum atomic E-state index is 11.9. The Morgan fingerprint density at radius 3 is 2.93 bits per heavy atom. The molecule has 1 rings (SSSR count). The Morgan fingerprint density at radius 1 is 1.80 bits per heavy atom. The second kappa shape index (κ2) is 4.89. The summed E-state index contributed by atoms with van der Waals surface area (Å²) in [4.78, 5) is 18.2. The number of nitrogens with zero attached hydrogens (tertiary/aromatic N) is 3. The summed E-state index contributed by atoms with van der Waals surface area (Å²) in [5, 5.41) is 8.55. The lowest BCUT2D eigenvalue weighted by molar-refractivity contribution is 0.0750. The second-order valence-corrected chi connectivity index (χ2v) is 4.25. The van der Waals surface area contributed by atoms with Crippen LogP contribution in [-0.4, -0.2) is 28.9 Å². The lowest BCUT2D eigenvalue weighted by atomic mass is 10.2. The molecule has 1 heterocycles. The molecule has 0 bridgehead atoms. The summed E-state index contributed by atoms with van der Waals surface area (Å²) in [6, 6.07) is 1.99. The molecular formula is C10H13N3OS. The third-order valence-corrected chi connectivity index (χ3v) is 3.22. The number of hydrogen-bond acceptors (Lipinski definition) is 4. The van der Waals surface area contributed by atoms with Crippen molar-refractivity contribution in [2.45, 2.75) is 26.3 Å². The van der Waals surface area contributed by atoms with Gasteiger partial charge in [-0.3, -0.25) is 4.79 Å². The van der Waals surface area contributed by atoms with E-state index in [9.17, 15) is 4.79 Å². The molecule has 1 aromatic rings. The van der Waals surface area contributed by atoms with E-state index in [2.05, 4.69) is 11.1 Å². The number of aromatic nitrogens is 1. The molecule has 0 aliphatic carbocycles. The number of amides is 1. The highest BCUT2D eigenvalue weighted by atomic mass is 32.1. The van der Waals surface area contributed by atoms with Crippen molar-refractivity contribution < 1.29 is 4.79 Å². The van der Waals surface area contributed by atoms with Crippen LogP contribution in [0.15, 0.2) is 5.51 Å². The van der Waals surface area contributed by atoms with Crippen LogP contribution in [0.5, 0.6) is 0 Å². The molecule has 0 aliphatic heterocycles. The molecule has 4 nitrogen and oxygen atoms in total. The molecule has 1 atom stereocenters. The minimum Gasteiger partial charge on any atom is -0.337 e. The predicted octanol–water partition coefficient (Wildman–Crippen LogP) is 1.83. The first kappa shape index (κ1) is 11.7. The number of carbonyl (C=O) groups is 1. The third-order valence-electron chi connectivity index (χ3n) is 2.31. The van der Waals surface area contributed by atoms with E-state index in [0.29, 0.717) is 11.3 Å². The maximum absolute atomic E-state index is 11.9. The van der Waals surface area contributed by atoms with E-state index in [1.54, 1.807) is 17.5 Å². The van der Waals surface area contributed by atoms with Gasteiger partial charge in [-0.25, -0.2) is 4.98 Å². The normalized spacial score (nSPS) is 11.9. The fourth-order valence-corrected chi connectivity index (χ4v) is 1.92. The van der Waals surface area contributed by atoms with Crippen molar-refractivity contribution in [1.82, 2.24) is 9.88 Å². The molecule has 0 aliphatic rings. The highest BCUT2D eigenvalue weighted by molar-refractivity contribution is 7.11. The SMILES string of the molecule is Cc1ncsc1C(=O)N(C)C(C)CC#N. The third kappa shape index (κ3) is 2.54. The number of rotatable bonds is 3. The van der Waals surface area contributed by atoms with Gasteiger partial charge in [0, 0.05) is 13.1 Å². The van der Waals surface area contributed by atoms with Crippen LogP contribution in [0.25, 0.3) is 0 Å². The predicted molar refractivity (Wildman–Crippen MR) is 58.6 cm³/mol. The van der Waals surface area contributed by atoms with Crippen LogP contribution >= 0.6 is 11.3 Å². The summed E-state index contributed by atoms with van der Waals surface area (Å²) in [7, 11) is 1.71. The second-order valence-electron chi connectivity index (χ2n) is 3.39. The van der Waals surface area contributed by atoms with Gasteiger partial charge in [0.15, 0.2) is 0 Å². The average molecular weight is 223 g/mol. The van der Waals surface area contributed by atoms with E-state index in [1.165, 1.54) is 11.3 Å². The Balaban J connectivity index is 2.78. The number of hydrogen-bond donors (Lipinski definition) is 0. The molecule has 0 aromatic carbocycles. The van der Waals surface area contributed by atoms with Crippen molar-refractivity contribution in [3.05, 3.63) is 16.1 Å². The Hall–Kier alpha value is -1.41. The van der Waals surface area contributed by atoms with Gasteiger partial charge >= 0.3 is 0 Å². The lowest BCUT2D eigenvalue weighted by Crippen LogP contribution is -2.34. The summed E-state index contributed by atoms with van der Waals surface area (Å²) in [6.45, 7) is 3.67. The molecule has 1 amide bonds. The van der Waals surface area contributed by atoms with Crippen molar-refractivity contribution in [3.63, 3.8) is 0 Å². The number of thiazole rings is 1. The van der Waals surface area contributed by atoms with Gasteiger partial charge < -0.3 is 4.90 Å². The van der Waals surface area contributed by atoms with Gasteiger partial charge in [0.25, 0.3) is 5.91 Å². The molecule has 0 radical (unpaired) electrons. The van der Waals surface area contributed by atoms with E-state index >= 15 is 0 Å². The summed E-state index contributed by atoms with van der Waals surface area (Å²) in [5.74, 6) is -0.0576. The Morgan fingerprint density at radius 2 is 2.47 bits per heavy atom. The highest BCUT2D eigenvalue weighted by Gasteiger charge is 2.20. The monoisotopic (exact) mass is 223 g/mol. The Labute approximate surface area is 93.2 Å². The molecular weight excluding hydrogens is 210 g/mol. The lowest BCUT2D eigenvalue weighted by Gasteiger charge is -2.22. The van der Waals surface area contributed by atoms with E-state index in [1.807, 2.05) is 13.8 Å². The van der Waals surface area contributed by atoms with E-state index in [4.69, 9.17) is 5.26 Å². The van der Waals surface area contributed by atoms with Crippen LogP contribution in [0.2, 0.25) is 0 Å². The zero-order valence-electron chi connectivity index (χ0n) is 9.02. The zero-order chi connectivity index (χ0) is 11.4. The topological polar surface area (TPSA) is 57.0 Å². The minimum absolute atomic E-state index is 0.0576. The van der Waals surface area contributed by atoms with Crippen LogP contribution < -0.4 is 0 Å². The van der Waals surface area contributed by atoms with Crippen LogP contribution in [0.4, 0.5) is 0 Å². The van der Waals surface area contributed by atoms with E-state index < -0.39 is 0 Å². The van der Waals surface area contributed by atoms with Gasteiger partial charge in [-0.05, 0) is 13.8 Å². The molecule has 0 saturated heterocycles. The van der Waals surface area contributed by atoms with Crippen molar-refractivity contribution in [2.24, 2.45) is 0 Å². The first-order valence-corrected chi connectivity index (χ1v) is 5.50. The largest absolute Gasteiger partial charge is 0.337 e. The molecule has 0 spiro atoms. The van der Waals surface area contributed by atoms with Crippen LogP contribution in [0.3, 0.4) is 0 Å². The maximum Gasteiger partial charge on any atom is 0.265 e. The summed E-state index contributed by atoms with van der Waals surface area (Å²) in [6.07, 6.45) is 0.347. The van der Waals surface area contributed by atoms with Crippen LogP contribution in [0, 0.1) is 18.3 Å². The summed E-state index contributed by atoms with van der Waals surface area (Å²) < 4.78 is 0. The average Bonchev–Trinajstić information content (AvgIpc) is 2.62. The molecule has 80 valence electrons. The first-order valence-electron chi connectivity index (χ1n) is 4.62. The number of aryl methyl sites for hydroxylation is 1. The molecule has 15 heavy (non-hydrogen) atoms. The molecule has 0 fully saturated rings. The number of nitriles is 1. The number of carbonyl (C=O) groups excluding carboxylic acids is 1. The van der Waals surface area contributed by atoms with Gasteiger partial charge in [0.1, 0.15) is 4.88 Å². The van der Waals surface area contributed by atoms with Crippen molar-refractivity contribution in [2.75, 3.05) is 7.05 Å². The summed E-state index contributed by atoms with van der Waals surface area (Å²) >= 11 is 1.34. The van der Waals surface area contributed by atoms with E-state index in [-0.39, 0.29) is 11.9 Å². The quantitative estimate of drug-likeness (QED) is 0.785. The van der Waals surface area contributed by atoms with Gasteiger partial charge in [-0.2, -0.15) is 5.26 Å². The highest BCUT2D eigenvalue weighted by Crippen LogP contribution is 2.16. The summed E-state index contributed by atoms with van der Waals surface area (Å²) in [5.41, 5.74) is 2.41. The minimum atomic E-state index is -0.0657. The standard InChI is InChI=1S/C10H13N3OS/c1-7(4-5-11)13(3)10(14)9-8(2)12-6-15-9/h6-7H,4H2,1-3H3. The molecule has 0 saturated carbocycles. The van der Waals surface area contributed by atoms with Gasteiger partial charge in [-0.1, -0.05) is 0 Å². The van der Waals surface area contributed by atoms with Crippen molar-refractivity contribution in [1.29, 1.82) is 5.26 Å². The van der Waals surface area contributed by atoms with Gasteiger partial charge in [0.2, 0.25) is 0 Å². The van der Waals surface area contributed by atoms with Crippen molar-refractivity contribution in [3.8, 4) is 6.07 Å². The molecule has 1 aromatic heterocycles.